The van der Waals surface area contributed by atoms with Gasteiger partial charge in [0, 0.05) is 17.2 Å². The molecule has 3 aromatic carbocycles. The quantitative estimate of drug-likeness (QED) is 0.396. The highest BCUT2D eigenvalue weighted by molar-refractivity contribution is 6.17. The average molecular weight is 375 g/mol. The lowest BCUT2D eigenvalue weighted by atomic mass is 9.98. The molecule has 1 aromatic heterocycles. The van der Waals surface area contributed by atoms with Crippen molar-refractivity contribution in [2.75, 3.05) is 21.0 Å². The number of carbonyl (C=O) groups is 1. The van der Waals surface area contributed by atoms with Crippen molar-refractivity contribution in [1.29, 1.82) is 0 Å². The normalized spacial score (nSPS) is 12.6. The molecule has 0 aliphatic carbocycles. The third-order valence-corrected chi connectivity index (χ3v) is 5.13. The summed E-state index contributed by atoms with van der Waals surface area (Å²) >= 11 is 0. The molecule has 0 saturated carbocycles. The zero-order chi connectivity index (χ0) is 19.3. The summed E-state index contributed by atoms with van der Waals surface area (Å²) in [5, 5.41) is 4.67. The molecule has 0 radical (unpaired) electrons. The molecule has 0 unspecified atom stereocenters. The lowest BCUT2D eigenvalue weighted by Gasteiger charge is -2.15. The van der Waals surface area contributed by atoms with Crippen molar-refractivity contribution in [2.24, 2.45) is 0 Å². The number of aldehydes is 1. The Kier molecular flexibility index (Phi) is 3.72. The van der Waals surface area contributed by atoms with Crippen LogP contribution in [0, 0.1) is 0 Å². The largest absolute Gasteiger partial charge is 0.493 e. The van der Waals surface area contributed by atoms with Gasteiger partial charge in [-0.15, -0.1) is 0 Å². The van der Waals surface area contributed by atoms with Crippen LogP contribution in [0.4, 0.5) is 0 Å². The predicted molar refractivity (Wildman–Crippen MR) is 106 cm³/mol. The van der Waals surface area contributed by atoms with E-state index in [1.807, 2.05) is 36.4 Å². The molecule has 1 aliphatic rings. The Hall–Kier alpha value is -3.54. The maximum atomic E-state index is 11.4. The van der Waals surface area contributed by atoms with Crippen LogP contribution in [-0.4, -0.2) is 32.3 Å². The average Bonchev–Trinajstić information content (AvgIpc) is 3.18. The van der Waals surface area contributed by atoms with Crippen LogP contribution in [0.3, 0.4) is 0 Å². The summed E-state index contributed by atoms with van der Waals surface area (Å²) in [6, 6.07) is 11.8. The van der Waals surface area contributed by atoms with Gasteiger partial charge in [0.2, 0.25) is 6.79 Å². The van der Waals surface area contributed by atoms with Gasteiger partial charge in [-0.1, -0.05) is 12.1 Å². The minimum atomic E-state index is 0.177. The van der Waals surface area contributed by atoms with Gasteiger partial charge in [-0.2, -0.15) is 0 Å². The van der Waals surface area contributed by atoms with Crippen LogP contribution in [0.15, 0.2) is 36.4 Å². The fourth-order valence-corrected chi connectivity index (χ4v) is 3.89. The summed E-state index contributed by atoms with van der Waals surface area (Å²) < 4.78 is 22.1. The summed E-state index contributed by atoms with van der Waals surface area (Å²) in [7, 11) is 3.18. The molecule has 140 valence electrons. The third-order valence-electron chi connectivity index (χ3n) is 5.13. The Bertz CT molecular complexity index is 1260. The van der Waals surface area contributed by atoms with Crippen molar-refractivity contribution in [2.45, 2.75) is 6.42 Å². The van der Waals surface area contributed by atoms with Gasteiger partial charge in [0.1, 0.15) is 6.29 Å². The van der Waals surface area contributed by atoms with Crippen molar-refractivity contribution < 1.29 is 23.7 Å². The highest BCUT2D eigenvalue weighted by Crippen LogP contribution is 2.43. The van der Waals surface area contributed by atoms with E-state index in [1.165, 1.54) is 0 Å². The number of ether oxygens (including phenoxy) is 4. The Morgan fingerprint density at radius 2 is 1.79 bits per heavy atom. The molecule has 0 fully saturated rings. The topological polar surface area (TPSA) is 66.9 Å². The van der Waals surface area contributed by atoms with E-state index in [1.54, 1.807) is 14.2 Å². The number of methoxy groups -OCH3 is 2. The molecule has 0 amide bonds. The Balaban J connectivity index is 1.95. The minimum absolute atomic E-state index is 0.177. The van der Waals surface area contributed by atoms with Crippen LogP contribution in [-0.2, 0) is 11.2 Å². The monoisotopic (exact) mass is 375 g/mol. The Labute approximate surface area is 160 Å². The van der Waals surface area contributed by atoms with E-state index >= 15 is 0 Å². The van der Waals surface area contributed by atoms with E-state index in [0.717, 1.165) is 44.5 Å². The second-order valence-electron chi connectivity index (χ2n) is 6.54. The first-order valence-corrected chi connectivity index (χ1v) is 8.88. The number of hydrogen-bond acceptors (Lipinski definition) is 6. The molecule has 28 heavy (non-hydrogen) atoms. The predicted octanol–water partition coefficient (Wildman–Crippen LogP) is 4.03. The number of carbonyl (C=O) groups excluding carboxylic acids is 1. The fraction of sp³-hybridized carbons (Fsp3) is 0.182. The zero-order valence-corrected chi connectivity index (χ0v) is 15.4. The first kappa shape index (κ1) is 16.6. The van der Waals surface area contributed by atoms with Crippen molar-refractivity contribution in [3.63, 3.8) is 0 Å². The highest BCUT2D eigenvalue weighted by atomic mass is 16.7. The van der Waals surface area contributed by atoms with Crippen molar-refractivity contribution >= 4 is 38.7 Å². The minimum Gasteiger partial charge on any atom is -0.493 e. The van der Waals surface area contributed by atoms with E-state index in [0.29, 0.717) is 22.9 Å². The van der Waals surface area contributed by atoms with Gasteiger partial charge < -0.3 is 23.7 Å². The lowest BCUT2D eigenvalue weighted by Crippen LogP contribution is -1.99. The molecule has 0 N–H and O–H groups in total. The maximum Gasteiger partial charge on any atom is 0.231 e. The van der Waals surface area contributed by atoms with Crippen molar-refractivity contribution in [1.82, 2.24) is 4.98 Å². The number of fused-ring (bicyclic) bond motifs is 6. The van der Waals surface area contributed by atoms with Crippen LogP contribution < -0.4 is 18.9 Å². The molecular weight excluding hydrogens is 358 g/mol. The molecular formula is C22H17NO5. The smallest absolute Gasteiger partial charge is 0.231 e. The number of hydrogen-bond donors (Lipinski definition) is 0. The number of aromatic nitrogens is 1. The van der Waals surface area contributed by atoms with E-state index in [9.17, 15) is 4.79 Å². The second kappa shape index (κ2) is 6.27. The van der Waals surface area contributed by atoms with Gasteiger partial charge in [-0.3, -0.25) is 4.98 Å². The SMILES string of the molecule is COc1ccc2c(c(CC=O)nc3c4cc5c(cc4ccc23)OCO5)c1OC. The maximum absolute atomic E-state index is 11.4. The molecule has 5 rings (SSSR count). The van der Waals surface area contributed by atoms with E-state index in [4.69, 9.17) is 23.9 Å². The van der Waals surface area contributed by atoms with Gasteiger partial charge in [0.25, 0.3) is 0 Å². The zero-order valence-electron chi connectivity index (χ0n) is 15.4. The highest BCUT2D eigenvalue weighted by Gasteiger charge is 2.20. The van der Waals surface area contributed by atoms with E-state index < -0.39 is 0 Å². The molecule has 6 heteroatoms. The standard InChI is InChI=1S/C22H17NO5/c1-25-17-6-5-13-14-4-3-12-9-18-19(28-11-27-18)10-15(12)21(14)23-16(7-8-24)20(13)22(17)26-2/h3-6,8-10H,7,11H2,1-2H3. The fourth-order valence-electron chi connectivity index (χ4n) is 3.89. The van der Waals surface area contributed by atoms with Gasteiger partial charge in [0.05, 0.1) is 30.8 Å². The number of rotatable bonds is 4. The van der Waals surface area contributed by atoms with Crippen LogP contribution in [0.2, 0.25) is 0 Å². The number of benzene rings is 3. The van der Waals surface area contributed by atoms with E-state index in [2.05, 4.69) is 0 Å². The van der Waals surface area contributed by atoms with Crippen LogP contribution in [0.1, 0.15) is 5.69 Å². The second-order valence-corrected chi connectivity index (χ2v) is 6.54. The molecule has 0 atom stereocenters. The lowest BCUT2D eigenvalue weighted by molar-refractivity contribution is -0.107. The van der Waals surface area contributed by atoms with Gasteiger partial charge >= 0.3 is 0 Å². The Morgan fingerprint density at radius 3 is 2.54 bits per heavy atom. The summed E-state index contributed by atoms with van der Waals surface area (Å²) in [6.07, 6.45) is 1.03. The van der Waals surface area contributed by atoms with Crippen LogP contribution >= 0.6 is 0 Å². The molecule has 4 aromatic rings. The molecule has 0 spiro atoms. The summed E-state index contributed by atoms with van der Waals surface area (Å²) in [4.78, 5) is 16.2. The van der Waals surface area contributed by atoms with Crippen LogP contribution in [0.5, 0.6) is 23.0 Å². The molecule has 0 saturated heterocycles. The number of pyridine rings is 1. The number of nitrogens with zero attached hydrogens (tertiary/aromatic N) is 1. The van der Waals surface area contributed by atoms with Crippen molar-refractivity contribution in [3.8, 4) is 23.0 Å². The molecule has 6 nitrogen and oxygen atoms in total. The Morgan fingerprint density at radius 1 is 1.00 bits per heavy atom. The summed E-state index contributed by atoms with van der Waals surface area (Å²) in [5.74, 6) is 2.61. The molecule has 2 heterocycles. The van der Waals surface area contributed by atoms with Gasteiger partial charge in [-0.05, 0) is 35.0 Å². The van der Waals surface area contributed by atoms with Gasteiger partial charge in [0.15, 0.2) is 23.0 Å². The third kappa shape index (κ3) is 2.27. The van der Waals surface area contributed by atoms with Gasteiger partial charge in [-0.25, -0.2) is 0 Å². The van der Waals surface area contributed by atoms with Crippen LogP contribution in [0.25, 0.3) is 32.4 Å². The van der Waals surface area contributed by atoms with Crippen molar-refractivity contribution in [3.05, 3.63) is 42.1 Å². The first-order valence-electron chi connectivity index (χ1n) is 8.88. The summed E-state index contributed by atoms with van der Waals surface area (Å²) in [5.41, 5.74) is 1.46. The summed E-state index contributed by atoms with van der Waals surface area (Å²) in [6.45, 7) is 0.216. The molecule has 0 bridgehead atoms. The van der Waals surface area contributed by atoms with E-state index in [-0.39, 0.29) is 13.2 Å². The first-order chi connectivity index (χ1) is 13.7. The molecule has 1 aliphatic heterocycles.